The lowest BCUT2D eigenvalue weighted by atomic mass is 10.0. The molecule has 8 heteroatoms. The third-order valence-electron chi connectivity index (χ3n) is 6.41. The third-order valence-corrected chi connectivity index (χ3v) is 7.92. The van der Waals surface area contributed by atoms with Gasteiger partial charge in [0, 0.05) is 36.8 Å². The molecule has 1 aromatic carbocycles. The molecule has 0 radical (unpaired) electrons. The summed E-state index contributed by atoms with van der Waals surface area (Å²) in [7, 11) is 0. The van der Waals surface area contributed by atoms with Crippen molar-refractivity contribution in [3.05, 3.63) is 29.8 Å². The molecule has 2 saturated heterocycles. The minimum absolute atomic E-state index is 0.0447. The van der Waals surface area contributed by atoms with Gasteiger partial charge in [-0.1, -0.05) is 31.4 Å². The Bertz CT molecular complexity index is 786. The van der Waals surface area contributed by atoms with Gasteiger partial charge in [0.05, 0.1) is 12.1 Å². The highest BCUT2D eigenvalue weighted by Crippen LogP contribution is 2.33. The highest BCUT2D eigenvalue weighted by atomic mass is 32.2. The first kappa shape index (κ1) is 25.4. The van der Waals surface area contributed by atoms with Gasteiger partial charge in [-0.05, 0) is 49.8 Å². The van der Waals surface area contributed by atoms with Gasteiger partial charge in [0.25, 0.3) is 0 Å². The van der Waals surface area contributed by atoms with Crippen molar-refractivity contribution in [2.24, 2.45) is 0 Å². The van der Waals surface area contributed by atoms with Gasteiger partial charge in [-0.3, -0.25) is 9.59 Å². The molecular formula is C25H37N3O4S. The molecule has 0 aromatic heterocycles. The summed E-state index contributed by atoms with van der Waals surface area (Å²) in [5, 5.41) is 18.7. The number of thioether (sulfide) groups is 1. The van der Waals surface area contributed by atoms with Crippen LogP contribution in [-0.2, 0) is 16.0 Å². The van der Waals surface area contributed by atoms with E-state index >= 15 is 0 Å². The quantitative estimate of drug-likeness (QED) is 0.229. The summed E-state index contributed by atoms with van der Waals surface area (Å²) in [6.45, 7) is 0.601. The summed E-state index contributed by atoms with van der Waals surface area (Å²) in [6.07, 6.45) is 9.31. The molecule has 3 amide bonds. The molecule has 0 bridgehead atoms. The van der Waals surface area contributed by atoms with Gasteiger partial charge in [-0.2, -0.15) is 11.8 Å². The SMILES string of the molecule is O=C(CCCCCCC(=O)NCCc1ccc(O)cc1)CCCCC1SCC2NC(=O)NC21. The molecule has 2 fully saturated rings. The van der Waals surface area contributed by atoms with Crippen LogP contribution in [-0.4, -0.2) is 52.5 Å². The number of phenols is 1. The molecule has 3 atom stereocenters. The number of urea groups is 1. The van der Waals surface area contributed by atoms with Crippen LogP contribution in [0.1, 0.15) is 69.8 Å². The molecule has 3 unspecified atom stereocenters. The molecule has 0 aliphatic carbocycles. The van der Waals surface area contributed by atoms with Crippen LogP contribution in [0.15, 0.2) is 24.3 Å². The Morgan fingerprint density at radius 1 is 0.970 bits per heavy atom. The van der Waals surface area contributed by atoms with Gasteiger partial charge < -0.3 is 21.1 Å². The van der Waals surface area contributed by atoms with Crippen LogP contribution < -0.4 is 16.0 Å². The van der Waals surface area contributed by atoms with Gasteiger partial charge in [0.1, 0.15) is 11.5 Å². The number of phenolic OH excluding ortho intramolecular Hbond substituents is 1. The first-order chi connectivity index (χ1) is 16.0. The van der Waals surface area contributed by atoms with Crippen LogP contribution in [0.3, 0.4) is 0 Å². The van der Waals surface area contributed by atoms with E-state index in [-0.39, 0.29) is 29.8 Å². The van der Waals surface area contributed by atoms with Crippen LogP contribution in [0.2, 0.25) is 0 Å². The molecule has 182 valence electrons. The molecule has 0 spiro atoms. The highest BCUT2D eigenvalue weighted by Gasteiger charge is 2.42. The lowest BCUT2D eigenvalue weighted by Gasteiger charge is -2.16. The number of rotatable bonds is 15. The van der Waals surface area contributed by atoms with Crippen LogP contribution in [0.25, 0.3) is 0 Å². The van der Waals surface area contributed by atoms with Crippen molar-refractivity contribution in [3.63, 3.8) is 0 Å². The van der Waals surface area contributed by atoms with Crippen molar-refractivity contribution in [3.8, 4) is 5.75 Å². The normalized spacial score (nSPS) is 21.3. The van der Waals surface area contributed by atoms with Crippen LogP contribution in [0.5, 0.6) is 5.75 Å². The Morgan fingerprint density at radius 2 is 1.67 bits per heavy atom. The molecule has 7 nitrogen and oxygen atoms in total. The fourth-order valence-electron chi connectivity index (χ4n) is 4.49. The molecule has 2 aliphatic heterocycles. The largest absolute Gasteiger partial charge is 0.508 e. The monoisotopic (exact) mass is 475 g/mol. The van der Waals surface area contributed by atoms with Crippen molar-refractivity contribution < 1.29 is 19.5 Å². The summed E-state index contributed by atoms with van der Waals surface area (Å²) in [5.74, 6) is 1.65. The number of amides is 3. The lowest BCUT2D eigenvalue weighted by molar-refractivity contribution is -0.121. The topological polar surface area (TPSA) is 108 Å². The summed E-state index contributed by atoms with van der Waals surface area (Å²) >= 11 is 1.92. The molecule has 2 aliphatic rings. The van der Waals surface area contributed by atoms with Crippen molar-refractivity contribution in [2.45, 2.75) is 88.0 Å². The number of Topliss-reactive ketones (excluding diaryl/α,β-unsaturated/α-hetero) is 1. The van der Waals surface area contributed by atoms with Crippen molar-refractivity contribution in [2.75, 3.05) is 12.3 Å². The number of hydrogen-bond donors (Lipinski definition) is 4. The van der Waals surface area contributed by atoms with Gasteiger partial charge in [-0.15, -0.1) is 0 Å². The lowest BCUT2D eigenvalue weighted by Crippen LogP contribution is -2.36. The van der Waals surface area contributed by atoms with Gasteiger partial charge in [-0.25, -0.2) is 4.79 Å². The van der Waals surface area contributed by atoms with Gasteiger partial charge in [0.15, 0.2) is 0 Å². The fourth-order valence-corrected chi connectivity index (χ4v) is 6.04. The number of carbonyl (C=O) groups is 3. The van der Waals surface area contributed by atoms with Crippen molar-refractivity contribution in [1.29, 1.82) is 0 Å². The number of ketones is 1. The van der Waals surface area contributed by atoms with Crippen LogP contribution >= 0.6 is 11.8 Å². The Labute approximate surface area is 200 Å². The summed E-state index contributed by atoms with van der Waals surface area (Å²) in [6, 6.07) is 7.51. The van der Waals surface area contributed by atoms with E-state index in [0.717, 1.165) is 62.7 Å². The predicted octanol–water partition coefficient (Wildman–Crippen LogP) is 3.69. The summed E-state index contributed by atoms with van der Waals surface area (Å²) < 4.78 is 0. The van der Waals surface area contributed by atoms with E-state index < -0.39 is 0 Å². The summed E-state index contributed by atoms with van der Waals surface area (Å²) in [4.78, 5) is 35.4. The van der Waals surface area contributed by atoms with E-state index in [0.29, 0.717) is 36.8 Å². The Hall–Kier alpha value is -2.22. The summed E-state index contributed by atoms with van der Waals surface area (Å²) in [5.41, 5.74) is 1.09. The van der Waals surface area contributed by atoms with E-state index in [1.165, 1.54) is 0 Å². The third kappa shape index (κ3) is 8.91. The predicted molar refractivity (Wildman–Crippen MR) is 131 cm³/mol. The fraction of sp³-hybridized carbons (Fsp3) is 0.640. The van der Waals surface area contributed by atoms with Crippen LogP contribution in [0.4, 0.5) is 4.79 Å². The maximum absolute atomic E-state index is 12.1. The van der Waals surface area contributed by atoms with E-state index in [1.807, 2.05) is 23.9 Å². The number of benzene rings is 1. The van der Waals surface area contributed by atoms with E-state index in [4.69, 9.17) is 0 Å². The second-order valence-corrected chi connectivity index (χ2v) is 10.4. The second-order valence-electron chi connectivity index (χ2n) is 9.09. The molecular weight excluding hydrogens is 438 g/mol. The highest BCUT2D eigenvalue weighted by molar-refractivity contribution is 8.00. The minimum atomic E-state index is -0.0447. The Kier molecular flexibility index (Phi) is 10.4. The van der Waals surface area contributed by atoms with Crippen LogP contribution in [0, 0.1) is 0 Å². The molecule has 33 heavy (non-hydrogen) atoms. The number of hydrogen-bond acceptors (Lipinski definition) is 5. The average Bonchev–Trinajstić information content (AvgIpc) is 3.34. The number of aromatic hydroxyl groups is 1. The zero-order valence-corrected chi connectivity index (χ0v) is 20.1. The molecule has 0 saturated carbocycles. The van der Waals surface area contributed by atoms with E-state index in [1.54, 1.807) is 12.1 Å². The van der Waals surface area contributed by atoms with Gasteiger partial charge >= 0.3 is 6.03 Å². The Balaban J connectivity index is 1.11. The molecule has 2 heterocycles. The maximum atomic E-state index is 12.1. The smallest absolute Gasteiger partial charge is 0.315 e. The average molecular weight is 476 g/mol. The number of unbranched alkanes of at least 4 members (excludes halogenated alkanes) is 4. The van der Waals surface area contributed by atoms with Crippen molar-refractivity contribution in [1.82, 2.24) is 16.0 Å². The minimum Gasteiger partial charge on any atom is -0.508 e. The van der Waals surface area contributed by atoms with Crippen molar-refractivity contribution >= 4 is 29.5 Å². The molecule has 1 aromatic rings. The first-order valence-electron chi connectivity index (χ1n) is 12.3. The zero-order valence-electron chi connectivity index (χ0n) is 19.3. The number of carbonyl (C=O) groups excluding carboxylic acids is 3. The standard InChI is InChI=1S/C25H37N3O4S/c29-19(8-5-6-9-22-24-21(17-33-22)27-25(32)28-24)7-3-1-2-4-10-23(31)26-16-15-18-11-13-20(30)14-12-18/h11-14,21-22,24,30H,1-10,15-17H2,(H,26,31)(H2,27,28,32). The van der Waals surface area contributed by atoms with E-state index in [2.05, 4.69) is 16.0 Å². The zero-order chi connectivity index (χ0) is 23.5. The van der Waals surface area contributed by atoms with Gasteiger partial charge in [0.2, 0.25) is 5.91 Å². The van der Waals surface area contributed by atoms with E-state index in [9.17, 15) is 19.5 Å². The molecule has 3 rings (SSSR count). The molecule has 4 N–H and O–H groups in total. The number of fused-ring (bicyclic) bond motifs is 1. The second kappa shape index (κ2) is 13.5. The Morgan fingerprint density at radius 3 is 2.42 bits per heavy atom. The number of nitrogens with one attached hydrogen (secondary N) is 3. The maximum Gasteiger partial charge on any atom is 0.315 e. The first-order valence-corrected chi connectivity index (χ1v) is 13.3.